The molecular weight excluding hydrogens is 272 g/mol. The highest BCUT2D eigenvalue weighted by atomic mass is 35.5. The summed E-state index contributed by atoms with van der Waals surface area (Å²) in [5.41, 5.74) is 5.32. The summed E-state index contributed by atoms with van der Waals surface area (Å²) in [5.74, 6) is 0. The van der Waals surface area contributed by atoms with Crippen molar-refractivity contribution in [3.05, 3.63) is 0 Å². The molecule has 1 saturated heterocycles. The van der Waals surface area contributed by atoms with Gasteiger partial charge in [-0.05, 0) is 7.05 Å². The van der Waals surface area contributed by atoms with Crippen molar-refractivity contribution in [3.63, 3.8) is 0 Å². The Morgan fingerprint density at radius 2 is 1.56 bits per heavy atom. The van der Waals surface area contributed by atoms with E-state index < -0.39 is 0 Å². The fourth-order valence-corrected chi connectivity index (χ4v) is 1.45. The van der Waals surface area contributed by atoms with E-state index in [0.29, 0.717) is 13.2 Å². The predicted molar refractivity (Wildman–Crippen MR) is 75.6 cm³/mol. The fourth-order valence-electron chi connectivity index (χ4n) is 1.45. The summed E-state index contributed by atoms with van der Waals surface area (Å²) < 4.78 is 5.33. The predicted octanol–water partition coefficient (Wildman–Crippen LogP) is 0.474. The summed E-state index contributed by atoms with van der Waals surface area (Å²) >= 11 is 0. The van der Waals surface area contributed by atoms with Gasteiger partial charge in [0, 0.05) is 39.3 Å². The van der Waals surface area contributed by atoms with Crippen molar-refractivity contribution in [2.24, 2.45) is 5.73 Å². The van der Waals surface area contributed by atoms with E-state index in [-0.39, 0.29) is 37.2 Å². The van der Waals surface area contributed by atoms with E-state index >= 15 is 0 Å². The number of piperazine rings is 1. The lowest BCUT2D eigenvalue weighted by atomic mass is 10.3. The first-order chi connectivity index (χ1) is 6.33. The minimum atomic E-state index is 0. The van der Waals surface area contributed by atoms with Gasteiger partial charge in [-0.3, -0.25) is 4.90 Å². The van der Waals surface area contributed by atoms with Crippen molar-refractivity contribution < 1.29 is 4.74 Å². The number of nitrogens with zero attached hydrogens (tertiary/aromatic N) is 2. The summed E-state index contributed by atoms with van der Waals surface area (Å²) in [6.07, 6.45) is 0. The zero-order chi connectivity index (χ0) is 9.52. The van der Waals surface area contributed by atoms with Crippen LogP contribution in [-0.4, -0.2) is 69.3 Å². The molecule has 1 heterocycles. The zero-order valence-electron chi connectivity index (χ0n) is 9.76. The van der Waals surface area contributed by atoms with Crippen LogP contribution in [0, 0.1) is 0 Å². The van der Waals surface area contributed by atoms with Gasteiger partial charge in [-0.25, -0.2) is 0 Å². The average molecular weight is 297 g/mol. The summed E-state index contributed by atoms with van der Waals surface area (Å²) in [7, 11) is 2.17. The molecule has 1 fully saturated rings. The third-order valence-corrected chi connectivity index (χ3v) is 2.41. The van der Waals surface area contributed by atoms with E-state index in [1.54, 1.807) is 0 Å². The molecule has 0 bridgehead atoms. The van der Waals surface area contributed by atoms with E-state index in [4.69, 9.17) is 10.5 Å². The molecule has 0 amide bonds. The van der Waals surface area contributed by atoms with E-state index in [1.807, 2.05) is 0 Å². The van der Waals surface area contributed by atoms with Crippen molar-refractivity contribution in [1.82, 2.24) is 9.80 Å². The molecule has 0 radical (unpaired) electrons. The van der Waals surface area contributed by atoms with Crippen LogP contribution in [0.15, 0.2) is 0 Å². The van der Waals surface area contributed by atoms with Crippen molar-refractivity contribution >= 4 is 37.2 Å². The van der Waals surface area contributed by atoms with Crippen LogP contribution in [0.5, 0.6) is 0 Å². The molecule has 0 spiro atoms. The highest BCUT2D eigenvalue weighted by molar-refractivity contribution is 5.86. The van der Waals surface area contributed by atoms with Gasteiger partial charge in [0.05, 0.1) is 13.2 Å². The molecule has 4 nitrogen and oxygen atoms in total. The smallest absolute Gasteiger partial charge is 0.0594 e. The second kappa shape index (κ2) is 13.8. The van der Waals surface area contributed by atoms with Crippen LogP contribution in [-0.2, 0) is 4.74 Å². The van der Waals surface area contributed by atoms with Gasteiger partial charge in [0.1, 0.15) is 0 Å². The van der Waals surface area contributed by atoms with E-state index in [1.165, 1.54) is 26.2 Å². The second-order valence-corrected chi connectivity index (χ2v) is 3.55. The second-order valence-electron chi connectivity index (χ2n) is 3.55. The molecule has 2 N–H and O–H groups in total. The Morgan fingerprint density at radius 1 is 1.00 bits per heavy atom. The van der Waals surface area contributed by atoms with E-state index in [9.17, 15) is 0 Å². The first kappa shape index (κ1) is 21.9. The largest absolute Gasteiger partial charge is 0.379 e. The molecule has 1 aliphatic rings. The Balaban J connectivity index is -0.000000563. The molecule has 102 valence electrons. The number of ether oxygens (including phenoxy) is 1. The quantitative estimate of drug-likeness (QED) is 0.749. The van der Waals surface area contributed by atoms with Crippen molar-refractivity contribution in [2.75, 3.05) is 59.5 Å². The molecule has 0 atom stereocenters. The highest BCUT2D eigenvalue weighted by Gasteiger charge is 2.12. The summed E-state index contributed by atoms with van der Waals surface area (Å²) in [5, 5.41) is 0. The van der Waals surface area contributed by atoms with Crippen LogP contribution in [0.1, 0.15) is 0 Å². The molecule has 0 aliphatic carbocycles. The normalized spacial score (nSPS) is 16.9. The van der Waals surface area contributed by atoms with Gasteiger partial charge in [-0.15, -0.1) is 37.2 Å². The van der Waals surface area contributed by atoms with Gasteiger partial charge in [-0.2, -0.15) is 0 Å². The van der Waals surface area contributed by atoms with Crippen LogP contribution < -0.4 is 5.73 Å². The van der Waals surface area contributed by atoms with Gasteiger partial charge in [0.15, 0.2) is 0 Å². The Labute approximate surface area is 117 Å². The third-order valence-electron chi connectivity index (χ3n) is 2.41. The van der Waals surface area contributed by atoms with Crippen LogP contribution in [0.4, 0.5) is 0 Å². The Bertz CT molecular complexity index is 135. The monoisotopic (exact) mass is 295 g/mol. The minimum Gasteiger partial charge on any atom is -0.379 e. The molecule has 1 aliphatic heterocycles. The lowest BCUT2D eigenvalue weighted by Crippen LogP contribution is -2.45. The summed E-state index contributed by atoms with van der Waals surface area (Å²) in [6, 6.07) is 0. The maximum absolute atomic E-state index is 5.33. The topological polar surface area (TPSA) is 41.7 Å². The van der Waals surface area contributed by atoms with Crippen LogP contribution >= 0.6 is 37.2 Å². The lowest BCUT2D eigenvalue weighted by Gasteiger charge is -2.32. The van der Waals surface area contributed by atoms with E-state index in [0.717, 1.165) is 13.2 Å². The van der Waals surface area contributed by atoms with Crippen LogP contribution in [0.2, 0.25) is 0 Å². The Hall–Kier alpha value is 0.710. The van der Waals surface area contributed by atoms with Crippen LogP contribution in [0.25, 0.3) is 0 Å². The van der Waals surface area contributed by atoms with Gasteiger partial charge in [0.25, 0.3) is 0 Å². The first-order valence-corrected chi connectivity index (χ1v) is 5.01. The maximum Gasteiger partial charge on any atom is 0.0594 e. The molecule has 16 heavy (non-hydrogen) atoms. The van der Waals surface area contributed by atoms with Gasteiger partial charge in [0.2, 0.25) is 0 Å². The molecule has 0 aromatic rings. The fraction of sp³-hybridized carbons (Fsp3) is 1.00. The number of hydrogen-bond donors (Lipinski definition) is 1. The summed E-state index contributed by atoms with van der Waals surface area (Å²) in [6.45, 7) is 7.88. The standard InChI is InChI=1S/C9H21N3O.3ClH/c1-11-3-5-12(6-4-11)7-9-13-8-2-10;;;/h2-10H2,1H3;3*1H. The molecule has 0 aromatic carbocycles. The van der Waals surface area contributed by atoms with Crippen molar-refractivity contribution in [1.29, 1.82) is 0 Å². The molecule has 0 unspecified atom stereocenters. The minimum absolute atomic E-state index is 0. The SMILES string of the molecule is CN1CCN(CCOCCN)CC1.Cl.Cl.Cl. The Kier molecular flexibility index (Phi) is 18.9. The van der Waals surface area contributed by atoms with E-state index in [2.05, 4.69) is 16.8 Å². The molecule has 1 rings (SSSR count). The molecular formula is C9H24Cl3N3O. The third kappa shape index (κ3) is 9.90. The van der Waals surface area contributed by atoms with Crippen LogP contribution in [0.3, 0.4) is 0 Å². The van der Waals surface area contributed by atoms with Gasteiger partial charge >= 0.3 is 0 Å². The lowest BCUT2D eigenvalue weighted by molar-refractivity contribution is 0.0855. The molecule has 7 heteroatoms. The number of halogens is 3. The molecule has 0 aromatic heterocycles. The zero-order valence-corrected chi connectivity index (χ0v) is 12.2. The molecule has 0 saturated carbocycles. The highest BCUT2D eigenvalue weighted by Crippen LogP contribution is 1.97. The number of nitrogens with two attached hydrogens (primary N) is 1. The number of hydrogen-bond acceptors (Lipinski definition) is 4. The van der Waals surface area contributed by atoms with Gasteiger partial charge < -0.3 is 15.4 Å². The average Bonchev–Trinajstić information content (AvgIpc) is 2.15. The Morgan fingerprint density at radius 3 is 2.06 bits per heavy atom. The number of likely N-dealkylation sites (N-methyl/N-ethyl adjacent to an activating group) is 1. The van der Waals surface area contributed by atoms with Crippen molar-refractivity contribution in [3.8, 4) is 0 Å². The summed E-state index contributed by atoms with van der Waals surface area (Å²) in [4.78, 5) is 4.80. The maximum atomic E-state index is 5.33. The first-order valence-electron chi connectivity index (χ1n) is 5.01. The number of rotatable bonds is 5. The van der Waals surface area contributed by atoms with Crippen molar-refractivity contribution in [2.45, 2.75) is 0 Å². The van der Waals surface area contributed by atoms with Gasteiger partial charge in [-0.1, -0.05) is 0 Å².